The summed E-state index contributed by atoms with van der Waals surface area (Å²) in [6.07, 6.45) is 1.50. The third kappa shape index (κ3) is 5.35. The van der Waals surface area contributed by atoms with Crippen LogP contribution >= 0.6 is 0 Å². The van der Waals surface area contributed by atoms with E-state index in [1.54, 1.807) is 6.07 Å². The van der Waals surface area contributed by atoms with E-state index in [4.69, 9.17) is 9.47 Å². The lowest BCUT2D eigenvalue weighted by Crippen LogP contribution is -2.03. The Morgan fingerprint density at radius 1 is 1.07 bits per heavy atom. The Hall–Kier alpha value is -3.87. The minimum absolute atomic E-state index is 0.0904. The van der Waals surface area contributed by atoms with Gasteiger partial charge in [0.15, 0.2) is 5.75 Å². The molecule has 7 nitrogen and oxygen atoms in total. The van der Waals surface area contributed by atoms with Crippen LogP contribution < -0.4 is 14.9 Å². The largest absolute Gasteiger partial charge is 0.493 e. The van der Waals surface area contributed by atoms with Gasteiger partial charge in [0.05, 0.1) is 23.9 Å². The Balaban J connectivity index is 1.82. The van der Waals surface area contributed by atoms with E-state index in [-0.39, 0.29) is 23.8 Å². The summed E-state index contributed by atoms with van der Waals surface area (Å²) < 4.78 is 11.1. The predicted octanol–water partition coefficient (Wildman–Crippen LogP) is 5.25. The van der Waals surface area contributed by atoms with Crippen LogP contribution in [0.15, 0.2) is 65.8 Å². The van der Waals surface area contributed by atoms with E-state index in [2.05, 4.69) is 10.5 Å². The fourth-order valence-corrected chi connectivity index (χ4v) is 2.88. The third-order valence-electron chi connectivity index (χ3n) is 4.40. The second kappa shape index (κ2) is 9.56. The minimum Gasteiger partial charge on any atom is -0.493 e. The lowest BCUT2D eigenvalue weighted by molar-refractivity contribution is -0.386. The molecule has 1 N–H and O–H groups in total. The van der Waals surface area contributed by atoms with E-state index in [1.165, 1.54) is 19.4 Å². The van der Waals surface area contributed by atoms with Crippen molar-refractivity contribution in [1.29, 1.82) is 0 Å². The molecule has 0 bridgehead atoms. The molecule has 7 heteroatoms. The summed E-state index contributed by atoms with van der Waals surface area (Å²) in [5, 5.41) is 15.8. The van der Waals surface area contributed by atoms with Crippen LogP contribution in [0.25, 0.3) is 0 Å². The molecule has 0 saturated carbocycles. The smallest absolute Gasteiger partial charge is 0.315 e. The number of nitro benzene ring substituents is 1. The van der Waals surface area contributed by atoms with Gasteiger partial charge in [-0.1, -0.05) is 47.5 Å². The Labute approximate surface area is 175 Å². The Morgan fingerprint density at radius 3 is 2.50 bits per heavy atom. The molecule has 0 amide bonds. The van der Waals surface area contributed by atoms with Crippen LogP contribution in [-0.4, -0.2) is 18.2 Å². The molecular weight excluding hydrogens is 382 g/mol. The summed E-state index contributed by atoms with van der Waals surface area (Å²) in [6.45, 7) is 4.17. The maximum absolute atomic E-state index is 11.6. The van der Waals surface area contributed by atoms with Crippen LogP contribution in [0.3, 0.4) is 0 Å². The first-order valence-corrected chi connectivity index (χ1v) is 9.37. The van der Waals surface area contributed by atoms with Gasteiger partial charge in [0, 0.05) is 11.6 Å². The second-order valence-electron chi connectivity index (χ2n) is 6.84. The molecule has 0 saturated heterocycles. The molecule has 3 aromatic carbocycles. The summed E-state index contributed by atoms with van der Waals surface area (Å²) in [6, 6.07) is 18.6. The Kier molecular flexibility index (Phi) is 6.64. The molecule has 0 unspecified atom stereocenters. The molecule has 3 aromatic rings. The summed E-state index contributed by atoms with van der Waals surface area (Å²) in [5.74, 6) is 0.362. The fraction of sp³-hybridized carbons (Fsp3) is 0.174. The fourth-order valence-electron chi connectivity index (χ4n) is 2.88. The van der Waals surface area contributed by atoms with Gasteiger partial charge in [-0.15, -0.1) is 0 Å². The predicted molar refractivity (Wildman–Crippen MR) is 118 cm³/mol. The molecule has 0 aliphatic heterocycles. The lowest BCUT2D eigenvalue weighted by Gasteiger charge is -2.12. The van der Waals surface area contributed by atoms with E-state index < -0.39 is 4.92 Å². The van der Waals surface area contributed by atoms with Gasteiger partial charge in [0.25, 0.3) is 0 Å². The van der Waals surface area contributed by atoms with Crippen LogP contribution in [0.1, 0.15) is 22.3 Å². The summed E-state index contributed by atoms with van der Waals surface area (Å²) >= 11 is 0. The van der Waals surface area contributed by atoms with Gasteiger partial charge >= 0.3 is 5.69 Å². The van der Waals surface area contributed by atoms with Crippen molar-refractivity contribution < 1.29 is 14.4 Å². The quantitative estimate of drug-likeness (QED) is 0.314. The number of methoxy groups -OCH3 is 1. The van der Waals surface area contributed by atoms with Crippen LogP contribution in [0.4, 0.5) is 11.4 Å². The van der Waals surface area contributed by atoms with Gasteiger partial charge in [0.2, 0.25) is 5.75 Å². The van der Waals surface area contributed by atoms with Crippen molar-refractivity contribution in [2.75, 3.05) is 12.5 Å². The number of ether oxygens (including phenoxy) is 2. The van der Waals surface area contributed by atoms with Crippen molar-refractivity contribution in [3.8, 4) is 11.5 Å². The zero-order valence-corrected chi connectivity index (χ0v) is 17.1. The van der Waals surface area contributed by atoms with Crippen molar-refractivity contribution >= 4 is 17.6 Å². The van der Waals surface area contributed by atoms with Crippen molar-refractivity contribution in [3.63, 3.8) is 0 Å². The number of hydrogen-bond donors (Lipinski definition) is 1. The van der Waals surface area contributed by atoms with Crippen molar-refractivity contribution in [3.05, 3.63) is 93.0 Å². The van der Waals surface area contributed by atoms with Crippen LogP contribution in [0.2, 0.25) is 0 Å². The molecule has 0 spiro atoms. The molecule has 3 rings (SSSR count). The standard InChI is InChI=1S/C23H23N3O4/c1-16-7-9-20(10-8-16)25-24-14-19-12-21(26(27)28)23(22(13-19)29-3)30-15-18-6-4-5-17(2)11-18/h4-14,25H,15H2,1-3H3/b24-14+. The van der Waals surface area contributed by atoms with Gasteiger partial charge in [-0.25, -0.2) is 0 Å². The number of hydrogen-bond acceptors (Lipinski definition) is 6. The van der Waals surface area contributed by atoms with Gasteiger partial charge in [-0.2, -0.15) is 5.10 Å². The molecule has 0 fully saturated rings. The average Bonchev–Trinajstić information content (AvgIpc) is 2.73. The van der Waals surface area contributed by atoms with Crippen molar-refractivity contribution in [1.82, 2.24) is 0 Å². The molecule has 0 radical (unpaired) electrons. The molecule has 0 aromatic heterocycles. The molecule has 0 heterocycles. The number of anilines is 1. The highest BCUT2D eigenvalue weighted by Crippen LogP contribution is 2.38. The number of nitro groups is 1. The summed E-state index contributed by atoms with van der Waals surface area (Å²) in [5.41, 5.74) is 7.20. The maximum atomic E-state index is 11.6. The zero-order valence-electron chi connectivity index (χ0n) is 17.1. The maximum Gasteiger partial charge on any atom is 0.315 e. The first-order chi connectivity index (χ1) is 14.5. The normalized spacial score (nSPS) is 10.8. The van der Waals surface area contributed by atoms with Crippen molar-refractivity contribution in [2.45, 2.75) is 20.5 Å². The van der Waals surface area contributed by atoms with Crippen LogP contribution in [-0.2, 0) is 6.61 Å². The van der Waals surface area contributed by atoms with Gasteiger partial charge in [-0.05, 0) is 37.6 Å². The highest BCUT2D eigenvalue weighted by Gasteiger charge is 2.22. The Morgan fingerprint density at radius 2 is 1.83 bits per heavy atom. The van der Waals surface area contributed by atoms with E-state index in [0.717, 1.165) is 22.4 Å². The van der Waals surface area contributed by atoms with Gasteiger partial charge in [-0.3, -0.25) is 15.5 Å². The number of hydrazone groups is 1. The molecule has 154 valence electrons. The minimum atomic E-state index is -0.487. The number of rotatable bonds is 8. The zero-order chi connectivity index (χ0) is 21.5. The topological polar surface area (TPSA) is 86.0 Å². The second-order valence-corrected chi connectivity index (χ2v) is 6.84. The molecule has 30 heavy (non-hydrogen) atoms. The first kappa shape index (κ1) is 20.9. The van der Waals surface area contributed by atoms with E-state index in [1.807, 2.05) is 62.4 Å². The molecule has 0 aliphatic rings. The monoisotopic (exact) mass is 405 g/mol. The summed E-state index contributed by atoms with van der Waals surface area (Å²) in [7, 11) is 1.45. The van der Waals surface area contributed by atoms with Crippen LogP contribution in [0.5, 0.6) is 11.5 Å². The number of aryl methyl sites for hydroxylation is 2. The highest BCUT2D eigenvalue weighted by molar-refractivity contribution is 5.83. The van der Waals surface area contributed by atoms with E-state index in [9.17, 15) is 10.1 Å². The third-order valence-corrected chi connectivity index (χ3v) is 4.40. The average molecular weight is 405 g/mol. The molecule has 0 aliphatic carbocycles. The highest BCUT2D eigenvalue weighted by atomic mass is 16.6. The first-order valence-electron chi connectivity index (χ1n) is 9.37. The van der Waals surface area contributed by atoms with Gasteiger partial charge < -0.3 is 9.47 Å². The van der Waals surface area contributed by atoms with Gasteiger partial charge in [0.1, 0.15) is 6.61 Å². The van der Waals surface area contributed by atoms with E-state index >= 15 is 0 Å². The number of nitrogens with one attached hydrogen (secondary N) is 1. The number of benzene rings is 3. The van der Waals surface area contributed by atoms with Crippen LogP contribution in [0, 0.1) is 24.0 Å². The Bertz CT molecular complexity index is 1060. The molecular formula is C23H23N3O4. The lowest BCUT2D eigenvalue weighted by atomic mass is 10.1. The van der Waals surface area contributed by atoms with E-state index in [0.29, 0.717) is 5.56 Å². The number of nitrogens with zero attached hydrogens (tertiary/aromatic N) is 2. The SMILES string of the molecule is COc1cc(/C=N/Nc2ccc(C)cc2)cc([N+](=O)[O-])c1OCc1cccc(C)c1. The summed E-state index contributed by atoms with van der Waals surface area (Å²) in [4.78, 5) is 11.2. The van der Waals surface area contributed by atoms with Crippen molar-refractivity contribution in [2.24, 2.45) is 5.10 Å². The molecule has 0 atom stereocenters.